The highest BCUT2D eigenvalue weighted by molar-refractivity contribution is 6.73. The van der Waals surface area contributed by atoms with Crippen LogP contribution in [0.2, 0.25) is 31.2 Å². The van der Waals surface area contributed by atoms with Crippen molar-refractivity contribution in [2.45, 2.75) is 128 Å². The van der Waals surface area contributed by atoms with E-state index in [9.17, 15) is 5.11 Å². The number of benzene rings is 1. The Labute approximate surface area is 219 Å². The molecule has 1 aromatic rings. The van der Waals surface area contributed by atoms with Crippen LogP contribution >= 0.6 is 0 Å². The van der Waals surface area contributed by atoms with Crippen molar-refractivity contribution in [3.63, 3.8) is 0 Å². The van der Waals surface area contributed by atoms with Crippen molar-refractivity contribution in [1.29, 1.82) is 0 Å². The first kappa shape index (κ1) is 32.3. The average molecular weight is 522 g/mol. The van der Waals surface area contributed by atoms with Crippen LogP contribution in [0.1, 0.15) is 78.2 Å². The Kier molecular flexibility index (Phi) is 15.6. The van der Waals surface area contributed by atoms with Gasteiger partial charge in [-0.25, -0.2) is 0 Å². The van der Waals surface area contributed by atoms with E-state index >= 15 is 0 Å². The van der Waals surface area contributed by atoms with E-state index in [0.29, 0.717) is 6.42 Å². The van der Waals surface area contributed by atoms with Gasteiger partial charge in [-0.1, -0.05) is 109 Å². The van der Waals surface area contributed by atoms with Crippen LogP contribution in [-0.2, 0) is 19.5 Å². The molecule has 0 aromatic heterocycles. The smallest absolute Gasteiger partial charge is 0.193 e. The van der Waals surface area contributed by atoms with E-state index in [0.717, 1.165) is 5.56 Å². The second kappa shape index (κ2) is 16.9. The summed E-state index contributed by atoms with van der Waals surface area (Å²) in [5, 5.41) is 12.3. The van der Waals surface area contributed by atoms with Crippen LogP contribution < -0.4 is 0 Å². The molecule has 0 amide bonds. The Balaban J connectivity index is 3.50. The zero-order chi connectivity index (χ0) is 26.3. The minimum absolute atomic E-state index is 0.267. The van der Waals surface area contributed by atoms with E-state index in [1.807, 2.05) is 30.3 Å². The van der Waals surface area contributed by atoms with Crippen LogP contribution in [0.25, 0.3) is 0 Å². The lowest BCUT2D eigenvalue weighted by Crippen LogP contribution is -2.55. The van der Waals surface area contributed by atoms with Gasteiger partial charge in [-0.05, 0) is 30.6 Å². The first-order valence-electron chi connectivity index (χ1n) is 13.8. The van der Waals surface area contributed by atoms with Crippen LogP contribution in [0.4, 0.5) is 0 Å². The summed E-state index contributed by atoms with van der Waals surface area (Å²) in [6.45, 7) is 17.2. The fourth-order valence-corrected chi connectivity index (χ4v) is 10.9. The number of hydrogen-bond acceptors (Lipinski definition) is 4. The summed E-state index contributed by atoms with van der Waals surface area (Å²) in [5.74, 6) is -0.339. The molecule has 0 aliphatic heterocycles. The lowest BCUT2D eigenvalue weighted by molar-refractivity contribution is -0.206. The van der Waals surface area contributed by atoms with Crippen LogP contribution in [0.3, 0.4) is 0 Å². The maximum Gasteiger partial charge on any atom is 0.193 e. The number of ether oxygens (including phenoxy) is 2. The van der Waals surface area contributed by atoms with Crippen molar-refractivity contribution in [2.24, 2.45) is 0 Å². The number of aliphatic hydroxyl groups is 1. The van der Waals surface area contributed by atoms with Crippen molar-refractivity contribution < 1.29 is 19.0 Å². The van der Waals surface area contributed by atoms with Crippen molar-refractivity contribution in [1.82, 2.24) is 0 Å². The number of methoxy groups -OCH3 is 1. The summed E-state index contributed by atoms with van der Waals surface area (Å²) in [5.41, 5.74) is -0.421. The van der Waals surface area contributed by atoms with Crippen molar-refractivity contribution in [2.75, 3.05) is 7.11 Å². The van der Waals surface area contributed by atoms with E-state index in [2.05, 4.69) is 47.4 Å². The minimum atomic E-state index is -2.02. The highest BCUT2D eigenvalue weighted by Gasteiger charge is 2.46. The van der Waals surface area contributed by atoms with Crippen LogP contribution in [0, 0.1) is 0 Å². The van der Waals surface area contributed by atoms with Gasteiger partial charge in [-0.3, -0.25) is 0 Å². The van der Waals surface area contributed by atoms with Crippen LogP contribution in [0.15, 0.2) is 43.0 Å². The molecule has 0 heterocycles. The molecule has 0 fully saturated rings. The molecule has 0 aliphatic carbocycles. The van der Waals surface area contributed by atoms with Gasteiger partial charge in [0.15, 0.2) is 8.32 Å². The molecule has 1 aromatic carbocycles. The largest absolute Gasteiger partial charge is 0.411 e. The van der Waals surface area contributed by atoms with Gasteiger partial charge in [0, 0.05) is 13.5 Å². The third kappa shape index (κ3) is 9.90. The lowest BCUT2D eigenvalue weighted by atomic mass is 9.83. The molecule has 0 saturated heterocycles. The zero-order valence-corrected chi connectivity index (χ0v) is 25.6. The molecule has 0 spiro atoms. The third-order valence-electron chi connectivity index (χ3n) is 6.98. The number of hydrogen-bond donors (Lipinski definition) is 1. The van der Waals surface area contributed by atoms with Gasteiger partial charge < -0.3 is 19.0 Å². The molecule has 0 aliphatic rings. The molecule has 1 N–H and O–H groups in total. The van der Waals surface area contributed by atoms with Crippen molar-refractivity contribution in [3.05, 3.63) is 48.6 Å². The highest BCUT2D eigenvalue weighted by Crippen LogP contribution is 2.38. The Morgan fingerprint density at radius 3 is 1.91 bits per heavy atom. The average Bonchev–Trinajstić information content (AvgIpc) is 2.85. The zero-order valence-electron chi connectivity index (χ0n) is 23.6. The van der Waals surface area contributed by atoms with E-state index in [-0.39, 0.29) is 12.0 Å². The molecule has 1 unspecified atom stereocenters. The quantitative estimate of drug-likeness (QED) is 0.108. The van der Waals surface area contributed by atoms with Gasteiger partial charge in [0.25, 0.3) is 0 Å². The van der Waals surface area contributed by atoms with E-state index in [4.69, 9.17) is 13.9 Å². The molecular weight excluding hydrogens is 468 g/mol. The summed E-state index contributed by atoms with van der Waals surface area (Å²) >= 11 is 0. The van der Waals surface area contributed by atoms with E-state index in [1.165, 1.54) is 56.7 Å². The molecule has 0 saturated carbocycles. The predicted octanol–water partition coefficient (Wildman–Crippen LogP) is 7.85. The summed E-state index contributed by atoms with van der Waals surface area (Å²) in [6, 6.07) is 13.4. The molecule has 4 nitrogen and oxygen atoms in total. The normalized spacial score (nSPS) is 16.6. The Morgan fingerprint density at radius 2 is 1.51 bits per heavy atom. The molecule has 1 rings (SSSR count). The molecule has 6 heteroatoms. The summed E-state index contributed by atoms with van der Waals surface area (Å²) in [4.78, 5) is 0. The molecular formula is C29H53O4Si2. The first-order valence-corrected chi connectivity index (χ1v) is 18.9. The fraction of sp³-hybridized carbons (Fsp3) is 0.724. The summed E-state index contributed by atoms with van der Waals surface area (Å²) in [7, 11) is -1.25. The second-order valence-electron chi connectivity index (χ2n) is 10.3. The van der Waals surface area contributed by atoms with Gasteiger partial charge in [-0.2, -0.15) is 0 Å². The lowest BCUT2D eigenvalue weighted by Gasteiger charge is -2.44. The molecule has 4 atom stereocenters. The first-order chi connectivity index (χ1) is 16.7. The molecule has 0 bridgehead atoms. The van der Waals surface area contributed by atoms with Gasteiger partial charge in [0.1, 0.15) is 26.4 Å². The number of rotatable bonds is 20. The SMILES string of the molecule is C=CC[C@](O)(c1ccccc1)[C@@H](OC(OC)[Si](C)C)[C@@H](C)O[Si](CCCC)(CCCC)CCCC. The molecule has 35 heavy (non-hydrogen) atoms. The van der Waals surface area contributed by atoms with E-state index in [1.54, 1.807) is 13.2 Å². The molecule has 1 radical (unpaired) electrons. The maximum atomic E-state index is 12.3. The second-order valence-corrected chi connectivity index (χ2v) is 17.0. The van der Waals surface area contributed by atoms with Gasteiger partial charge in [-0.15, -0.1) is 6.58 Å². The van der Waals surface area contributed by atoms with Crippen molar-refractivity contribution in [3.8, 4) is 0 Å². The van der Waals surface area contributed by atoms with Gasteiger partial charge in [0.05, 0.1) is 6.10 Å². The molecule has 201 valence electrons. The van der Waals surface area contributed by atoms with Gasteiger partial charge in [0.2, 0.25) is 0 Å². The Bertz CT molecular complexity index is 663. The summed E-state index contributed by atoms with van der Waals surface area (Å²) < 4.78 is 19.7. The summed E-state index contributed by atoms with van der Waals surface area (Å²) in [6.07, 6.45) is 8.48. The monoisotopic (exact) mass is 521 g/mol. The Hall–Kier alpha value is -0.766. The van der Waals surface area contributed by atoms with E-state index < -0.39 is 28.8 Å². The highest BCUT2D eigenvalue weighted by atomic mass is 28.4. The van der Waals surface area contributed by atoms with Crippen molar-refractivity contribution >= 4 is 17.1 Å². The fourth-order valence-electron chi connectivity index (χ4n) is 5.02. The predicted molar refractivity (Wildman–Crippen MR) is 154 cm³/mol. The Morgan fingerprint density at radius 1 is 1.00 bits per heavy atom. The van der Waals surface area contributed by atoms with Crippen LogP contribution in [-0.4, -0.2) is 47.5 Å². The van der Waals surface area contributed by atoms with Gasteiger partial charge >= 0.3 is 0 Å². The maximum absolute atomic E-state index is 12.3. The number of unbranched alkanes of at least 4 members (excludes halogenated alkanes) is 3. The third-order valence-corrected chi connectivity index (χ3v) is 13.0. The minimum Gasteiger partial charge on any atom is -0.411 e. The topological polar surface area (TPSA) is 47.9 Å². The van der Waals surface area contributed by atoms with Crippen LogP contribution in [0.5, 0.6) is 0 Å². The standard InChI is InChI=1S/C29H53O4Si2/c1-9-13-22-35(23-14-10-2,24-15-11-3)33-25(5)27(32-28(31-6)34(7)8)29(30,21-12-4)26-19-17-16-18-20-26/h12,16-20,25,27-28,30H,4,9-11,13-15,21-24H2,1-3,5-8H3/t25-,27+,28?,29+/m1/s1.